The third-order valence-corrected chi connectivity index (χ3v) is 6.17. The number of amides is 1. The van der Waals surface area contributed by atoms with Gasteiger partial charge in [-0.25, -0.2) is 0 Å². The third kappa shape index (κ3) is 5.88. The highest BCUT2D eigenvalue weighted by Gasteiger charge is 2.17. The number of aryl methyl sites for hydroxylation is 1. The van der Waals surface area contributed by atoms with E-state index in [9.17, 15) is 4.79 Å². The fraction of sp³-hybridized carbons (Fsp3) is 0.375. The minimum absolute atomic E-state index is 0.0734. The van der Waals surface area contributed by atoms with Gasteiger partial charge in [0.25, 0.3) is 0 Å². The SMILES string of the molecule is CCCCn1c(SCC(=O)N(C)Cc2ccccc2C)nnc1-c1ccc(OC)cc1. The first-order valence-electron chi connectivity index (χ1n) is 10.5. The topological polar surface area (TPSA) is 60.2 Å². The number of unbranched alkanes of at least 4 members (excludes halogenated alkanes) is 1. The number of hydrogen-bond donors (Lipinski definition) is 0. The second kappa shape index (κ2) is 11.0. The van der Waals surface area contributed by atoms with E-state index < -0.39 is 0 Å². The number of hydrogen-bond acceptors (Lipinski definition) is 5. The van der Waals surface area contributed by atoms with Gasteiger partial charge in [0.15, 0.2) is 11.0 Å². The van der Waals surface area contributed by atoms with Gasteiger partial charge in [-0.3, -0.25) is 4.79 Å². The summed E-state index contributed by atoms with van der Waals surface area (Å²) in [6.07, 6.45) is 2.10. The highest BCUT2D eigenvalue weighted by Crippen LogP contribution is 2.26. The van der Waals surface area contributed by atoms with Gasteiger partial charge in [-0.1, -0.05) is 49.4 Å². The quantitative estimate of drug-likeness (QED) is 0.425. The van der Waals surface area contributed by atoms with Crippen molar-refractivity contribution in [3.8, 4) is 17.1 Å². The van der Waals surface area contributed by atoms with Gasteiger partial charge in [-0.2, -0.15) is 0 Å². The van der Waals surface area contributed by atoms with Crippen molar-refractivity contribution < 1.29 is 9.53 Å². The molecule has 0 radical (unpaired) electrons. The minimum atomic E-state index is 0.0734. The number of methoxy groups -OCH3 is 1. The van der Waals surface area contributed by atoms with E-state index in [1.807, 2.05) is 43.4 Å². The molecule has 0 fully saturated rings. The van der Waals surface area contributed by atoms with Gasteiger partial charge in [0, 0.05) is 25.7 Å². The van der Waals surface area contributed by atoms with Crippen molar-refractivity contribution in [2.75, 3.05) is 19.9 Å². The van der Waals surface area contributed by atoms with Gasteiger partial charge in [0.1, 0.15) is 5.75 Å². The number of thioether (sulfide) groups is 1. The highest BCUT2D eigenvalue weighted by atomic mass is 32.2. The minimum Gasteiger partial charge on any atom is -0.497 e. The Kier molecular flexibility index (Phi) is 8.12. The molecular weight excluding hydrogens is 408 g/mol. The molecule has 1 heterocycles. The molecule has 0 aliphatic rings. The molecule has 0 atom stereocenters. The molecule has 0 aliphatic carbocycles. The molecule has 7 heteroatoms. The Morgan fingerprint density at radius 1 is 1.13 bits per heavy atom. The number of carbonyl (C=O) groups excluding carboxylic acids is 1. The lowest BCUT2D eigenvalue weighted by Gasteiger charge is -2.18. The van der Waals surface area contributed by atoms with Crippen LogP contribution in [-0.2, 0) is 17.9 Å². The van der Waals surface area contributed by atoms with Crippen molar-refractivity contribution in [1.82, 2.24) is 19.7 Å². The molecule has 0 unspecified atom stereocenters. The molecule has 6 nitrogen and oxygen atoms in total. The summed E-state index contributed by atoms with van der Waals surface area (Å²) in [7, 11) is 3.50. The van der Waals surface area contributed by atoms with Crippen LogP contribution in [0.2, 0.25) is 0 Å². The Hall–Kier alpha value is -2.80. The molecule has 3 rings (SSSR count). The van der Waals surface area contributed by atoms with E-state index in [0.29, 0.717) is 12.3 Å². The summed E-state index contributed by atoms with van der Waals surface area (Å²) in [5.74, 6) is 2.03. The number of aromatic nitrogens is 3. The molecule has 0 saturated carbocycles. The fourth-order valence-corrected chi connectivity index (χ4v) is 4.14. The molecule has 0 spiro atoms. The number of benzene rings is 2. The predicted octanol–water partition coefficient (Wildman–Crippen LogP) is 4.81. The van der Waals surface area contributed by atoms with E-state index in [-0.39, 0.29) is 5.91 Å². The Morgan fingerprint density at radius 2 is 1.87 bits per heavy atom. The number of nitrogens with zero attached hydrogens (tertiary/aromatic N) is 4. The van der Waals surface area contributed by atoms with Crippen LogP contribution in [0.4, 0.5) is 0 Å². The monoisotopic (exact) mass is 438 g/mol. The first-order valence-corrected chi connectivity index (χ1v) is 11.5. The molecule has 31 heavy (non-hydrogen) atoms. The Labute approximate surface area is 188 Å². The zero-order chi connectivity index (χ0) is 22.2. The molecular formula is C24H30N4O2S. The van der Waals surface area contributed by atoms with Crippen molar-refractivity contribution >= 4 is 17.7 Å². The molecule has 0 saturated heterocycles. The Morgan fingerprint density at radius 3 is 2.55 bits per heavy atom. The molecule has 1 amide bonds. The first-order chi connectivity index (χ1) is 15.0. The van der Waals surface area contributed by atoms with E-state index >= 15 is 0 Å². The van der Waals surface area contributed by atoms with Gasteiger partial charge in [-0.15, -0.1) is 10.2 Å². The Bertz CT molecular complexity index is 1000. The lowest BCUT2D eigenvalue weighted by molar-refractivity contribution is -0.127. The van der Waals surface area contributed by atoms with Crippen LogP contribution in [-0.4, -0.2) is 45.5 Å². The van der Waals surface area contributed by atoms with Crippen LogP contribution in [0.5, 0.6) is 5.75 Å². The summed E-state index contributed by atoms with van der Waals surface area (Å²) in [5, 5.41) is 9.59. The van der Waals surface area contributed by atoms with E-state index in [4.69, 9.17) is 4.74 Å². The van der Waals surface area contributed by atoms with Gasteiger partial charge >= 0.3 is 0 Å². The zero-order valence-corrected chi connectivity index (χ0v) is 19.5. The maximum absolute atomic E-state index is 12.7. The average Bonchev–Trinajstić information content (AvgIpc) is 3.20. The van der Waals surface area contributed by atoms with E-state index in [0.717, 1.165) is 47.2 Å². The summed E-state index contributed by atoms with van der Waals surface area (Å²) in [4.78, 5) is 14.5. The lowest BCUT2D eigenvalue weighted by Crippen LogP contribution is -2.28. The van der Waals surface area contributed by atoms with E-state index in [1.54, 1.807) is 12.0 Å². The largest absolute Gasteiger partial charge is 0.497 e. The molecule has 2 aromatic carbocycles. The molecule has 3 aromatic rings. The first kappa shape index (κ1) is 22.9. The molecule has 0 N–H and O–H groups in total. The van der Waals surface area contributed by atoms with Crippen LogP contribution in [0.1, 0.15) is 30.9 Å². The summed E-state index contributed by atoms with van der Waals surface area (Å²) in [5.41, 5.74) is 3.34. The van der Waals surface area contributed by atoms with Crippen molar-refractivity contribution in [2.45, 2.75) is 44.9 Å². The van der Waals surface area contributed by atoms with Crippen molar-refractivity contribution in [2.24, 2.45) is 0 Å². The standard InChI is InChI=1S/C24H30N4O2S/c1-5-6-15-28-23(19-11-13-21(30-4)14-12-19)25-26-24(28)31-17-22(29)27(3)16-20-10-8-7-9-18(20)2/h7-14H,5-6,15-17H2,1-4H3. The number of carbonyl (C=O) groups is 1. The Balaban J connectivity index is 1.70. The summed E-state index contributed by atoms with van der Waals surface area (Å²) >= 11 is 1.45. The molecule has 164 valence electrons. The van der Waals surface area contributed by atoms with Crippen molar-refractivity contribution in [3.05, 3.63) is 59.7 Å². The van der Waals surface area contributed by atoms with Gasteiger partial charge in [-0.05, 0) is 48.7 Å². The van der Waals surface area contributed by atoms with Crippen LogP contribution in [0.25, 0.3) is 11.4 Å². The summed E-state index contributed by atoms with van der Waals surface area (Å²) in [6, 6.07) is 16.0. The van der Waals surface area contributed by atoms with E-state index in [2.05, 4.69) is 40.7 Å². The van der Waals surface area contributed by atoms with Crippen LogP contribution < -0.4 is 4.74 Å². The second-order valence-corrected chi connectivity index (χ2v) is 8.45. The van der Waals surface area contributed by atoms with Crippen LogP contribution >= 0.6 is 11.8 Å². The second-order valence-electron chi connectivity index (χ2n) is 7.50. The average molecular weight is 439 g/mol. The zero-order valence-electron chi connectivity index (χ0n) is 18.7. The third-order valence-electron chi connectivity index (χ3n) is 5.22. The smallest absolute Gasteiger partial charge is 0.233 e. The molecule has 1 aromatic heterocycles. The number of rotatable bonds is 10. The van der Waals surface area contributed by atoms with E-state index in [1.165, 1.54) is 17.3 Å². The summed E-state index contributed by atoms with van der Waals surface area (Å²) in [6.45, 7) is 5.65. The van der Waals surface area contributed by atoms with Gasteiger partial charge in [0.05, 0.1) is 12.9 Å². The lowest BCUT2D eigenvalue weighted by atomic mass is 10.1. The molecule has 0 aliphatic heterocycles. The maximum Gasteiger partial charge on any atom is 0.233 e. The van der Waals surface area contributed by atoms with Crippen molar-refractivity contribution in [3.63, 3.8) is 0 Å². The molecule has 0 bridgehead atoms. The fourth-order valence-electron chi connectivity index (χ4n) is 3.23. The van der Waals surface area contributed by atoms with Crippen LogP contribution in [0.3, 0.4) is 0 Å². The van der Waals surface area contributed by atoms with Gasteiger partial charge in [0.2, 0.25) is 5.91 Å². The normalized spacial score (nSPS) is 10.8. The van der Waals surface area contributed by atoms with Gasteiger partial charge < -0.3 is 14.2 Å². The van der Waals surface area contributed by atoms with Crippen molar-refractivity contribution in [1.29, 1.82) is 0 Å². The predicted molar refractivity (Wildman–Crippen MR) is 125 cm³/mol. The van der Waals surface area contributed by atoms with Crippen LogP contribution in [0.15, 0.2) is 53.7 Å². The summed E-state index contributed by atoms with van der Waals surface area (Å²) < 4.78 is 7.37. The maximum atomic E-state index is 12.7. The van der Waals surface area contributed by atoms with Crippen LogP contribution in [0, 0.1) is 6.92 Å². The highest BCUT2D eigenvalue weighted by molar-refractivity contribution is 7.99. The number of ether oxygens (including phenoxy) is 1.